The molecule has 0 aromatic heterocycles. The molecule has 2 heteroatoms. The van der Waals surface area contributed by atoms with Crippen molar-refractivity contribution in [3.63, 3.8) is 0 Å². The Labute approximate surface area is 107 Å². The maximum absolute atomic E-state index is 5.98. The molecule has 88 valence electrons. The number of benzene rings is 2. The zero-order valence-electron chi connectivity index (χ0n) is 10.2. The van der Waals surface area contributed by atoms with Crippen molar-refractivity contribution in [1.82, 2.24) is 0 Å². The van der Waals surface area contributed by atoms with E-state index in [9.17, 15) is 0 Å². The van der Waals surface area contributed by atoms with Crippen molar-refractivity contribution in [3.05, 3.63) is 59.7 Å². The summed E-state index contributed by atoms with van der Waals surface area (Å²) in [5.41, 5.74) is 8.48. The summed E-state index contributed by atoms with van der Waals surface area (Å²) >= 11 is 1.78. The largest absolute Gasteiger partial charge is 0.324 e. The molecule has 0 saturated carbocycles. The molecule has 0 spiro atoms. The highest BCUT2D eigenvalue weighted by molar-refractivity contribution is 7.99. The van der Waals surface area contributed by atoms with E-state index in [2.05, 4.69) is 49.4 Å². The first-order valence-corrected chi connectivity index (χ1v) is 6.57. The average Bonchev–Trinajstić information content (AvgIpc) is 2.29. The van der Waals surface area contributed by atoms with E-state index >= 15 is 0 Å². The van der Waals surface area contributed by atoms with Crippen LogP contribution in [0.2, 0.25) is 0 Å². The maximum atomic E-state index is 5.98. The fraction of sp³-hybridized carbons (Fsp3) is 0.200. The number of rotatable bonds is 3. The van der Waals surface area contributed by atoms with Gasteiger partial charge in [0.05, 0.1) is 0 Å². The van der Waals surface area contributed by atoms with Gasteiger partial charge in [0.2, 0.25) is 0 Å². The van der Waals surface area contributed by atoms with Gasteiger partial charge in [0.1, 0.15) is 0 Å². The van der Waals surface area contributed by atoms with Crippen molar-refractivity contribution in [2.24, 2.45) is 5.73 Å². The summed E-state index contributed by atoms with van der Waals surface area (Å²) in [7, 11) is 0. The quantitative estimate of drug-likeness (QED) is 0.875. The highest BCUT2D eigenvalue weighted by Gasteiger charge is 2.07. The topological polar surface area (TPSA) is 26.0 Å². The Morgan fingerprint density at radius 2 is 1.82 bits per heavy atom. The normalized spacial score (nSPS) is 12.4. The summed E-state index contributed by atoms with van der Waals surface area (Å²) < 4.78 is 0. The van der Waals surface area contributed by atoms with Crippen LogP contribution in [0.15, 0.2) is 58.3 Å². The van der Waals surface area contributed by atoms with E-state index in [1.165, 1.54) is 20.9 Å². The standard InChI is InChI=1S/C15H17NS/c1-11-6-5-7-13(10-11)17-15-9-4-3-8-14(15)12(2)16/h3-10,12H,16H2,1-2H3/t12-/m1/s1. The van der Waals surface area contributed by atoms with Crippen molar-refractivity contribution in [3.8, 4) is 0 Å². The van der Waals surface area contributed by atoms with Crippen molar-refractivity contribution in [2.45, 2.75) is 29.7 Å². The SMILES string of the molecule is Cc1cccc(Sc2ccccc2[C@@H](C)N)c1. The molecule has 0 heterocycles. The van der Waals surface area contributed by atoms with Crippen molar-refractivity contribution in [2.75, 3.05) is 0 Å². The molecule has 1 nitrogen and oxygen atoms in total. The van der Waals surface area contributed by atoms with E-state index in [4.69, 9.17) is 5.73 Å². The fourth-order valence-corrected chi connectivity index (χ4v) is 2.92. The van der Waals surface area contributed by atoms with Crippen LogP contribution in [0.5, 0.6) is 0 Å². The van der Waals surface area contributed by atoms with Crippen molar-refractivity contribution < 1.29 is 0 Å². The van der Waals surface area contributed by atoms with Gasteiger partial charge >= 0.3 is 0 Å². The Hall–Kier alpha value is -1.25. The molecule has 0 amide bonds. The number of nitrogens with two attached hydrogens (primary N) is 1. The van der Waals surface area contributed by atoms with Crippen LogP contribution in [0.4, 0.5) is 0 Å². The Bertz CT molecular complexity index is 506. The summed E-state index contributed by atoms with van der Waals surface area (Å²) in [5, 5.41) is 0. The van der Waals surface area contributed by atoms with E-state index in [0.717, 1.165) is 0 Å². The van der Waals surface area contributed by atoms with Gasteiger partial charge in [-0.05, 0) is 37.6 Å². The minimum absolute atomic E-state index is 0.0727. The third-order valence-electron chi connectivity index (χ3n) is 2.63. The third-order valence-corrected chi connectivity index (χ3v) is 3.71. The summed E-state index contributed by atoms with van der Waals surface area (Å²) in [6.45, 7) is 4.14. The molecule has 0 bridgehead atoms. The highest BCUT2D eigenvalue weighted by Crippen LogP contribution is 2.32. The predicted octanol–water partition coefficient (Wildman–Crippen LogP) is 4.17. The lowest BCUT2D eigenvalue weighted by Gasteiger charge is -2.12. The highest BCUT2D eigenvalue weighted by atomic mass is 32.2. The second kappa shape index (κ2) is 5.39. The summed E-state index contributed by atoms with van der Waals surface area (Å²) in [6, 6.07) is 16.9. The molecular weight excluding hydrogens is 226 g/mol. The van der Waals surface area contributed by atoms with Crippen LogP contribution in [0.1, 0.15) is 24.1 Å². The number of hydrogen-bond donors (Lipinski definition) is 1. The fourth-order valence-electron chi connectivity index (χ4n) is 1.76. The lowest BCUT2D eigenvalue weighted by Crippen LogP contribution is -2.05. The maximum Gasteiger partial charge on any atom is 0.0277 e. The molecule has 0 radical (unpaired) electrons. The zero-order chi connectivity index (χ0) is 12.3. The Morgan fingerprint density at radius 1 is 1.06 bits per heavy atom. The second-order valence-electron chi connectivity index (χ2n) is 4.25. The molecule has 0 aliphatic carbocycles. The van der Waals surface area contributed by atoms with Crippen LogP contribution in [0.25, 0.3) is 0 Å². The first kappa shape index (κ1) is 12.2. The lowest BCUT2D eigenvalue weighted by atomic mass is 10.1. The lowest BCUT2D eigenvalue weighted by molar-refractivity contribution is 0.797. The molecule has 17 heavy (non-hydrogen) atoms. The smallest absolute Gasteiger partial charge is 0.0277 e. The Morgan fingerprint density at radius 3 is 2.53 bits per heavy atom. The van der Waals surface area contributed by atoms with Crippen LogP contribution >= 0.6 is 11.8 Å². The monoisotopic (exact) mass is 243 g/mol. The van der Waals surface area contributed by atoms with E-state index in [0.29, 0.717) is 0 Å². The van der Waals surface area contributed by atoms with Crippen molar-refractivity contribution >= 4 is 11.8 Å². The molecule has 0 unspecified atom stereocenters. The molecule has 1 atom stereocenters. The van der Waals surface area contributed by atoms with E-state index in [1.54, 1.807) is 11.8 Å². The molecule has 2 rings (SSSR count). The minimum atomic E-state index is 0.0727. The van der Waals surface area contributed by atoms with Crippen LogP contribution in [0, 0.1) is 6.92 Å². The number of aryl methyl sites for hydroxylation is 1. The third kappa shape index (κ3) is 3.11. The van der Waals surface area contributed by atoms with Gasteiger partial charge in [-0.1, -0.05) is 47.7 Å². The first-order chi connectivity index (χ1) is 8.16. The average molecular weight is 243 g/mol. The summed E-state index contributed by atoms with van der Waals surface area (Å²) in [4.78, 5) is 2.51. The molecule has 0 aliphatic heterocycles. The molecular formula is C15H17NS. The molecule has 0 saturated heterocycles. The van der Waals surface area contributed by atoms with Gasteiger partial charge < -0.3 is 5.73 Å². The van der Waals surface area contributed by atoms with Gasteiger partial charge in [0.15, 0.2) is 0 Å². The zero-order valence-corrected chi connectivity index (χ0v) is 11.0. The van der Waals surface area contributed by atoms with Crippen LogP contribution in [0.3, 0.4) is 0 Å². The van der Waals surface area contributed by atoms with Gasteiger partial charge in [-0.3, -0.25) is 0 Å². The van der Waals surface area contributed by atoms with E-state index in [-0.39, 0.29) is 6.04 Å². The molecule has 2 aromatic rings. The van der Waals surface area contributed by atoms with Crippen LogP contribution in [-0.4, -0.2) is 0 Å². The van der Waals surface area contributed by atoms with Crippen molar-refractivity contribution in [1.29, 1.82) is 0 Å². The number of hydrogen-bond acceptors (Lipinski definition) is 2. The first-order valence-electron chi connectivity index (χ1n) is 5.76. The van der Waals surface area contributed by atoms with E-state index < -0.39 is 0 Å². The summed E-state index contributed by atoms with van der Waals surface area (Å²) in [5.74, 6) is 0. The Kier molecular flexibility index (Phi) is 3.87. The van der Waals surface area contributed by atoms with Crippen LogP contribution < -0.4 is 5.73 Å². The van der Waals surface area contributed by atoms with Crippen LogP contribution in [-0.2, 0) is 0 Å². The van der Waals surface area contributed by atoms with E-state index in [1.807, 2.05) is 13.0 Å². The van der Waals surface area contributed by atoms with Gasteiger partial charge in [-0.2, -0.15) is 0 Å². The summed E-state index contributed by atoms with van der Waals surface area (Å²) in [6.07, 6.45) is 0. The molecule has 2 aromatic carbocycles. The van der Waals surface area contributed by atoms with Gasteiger partial charge in [0.25, 0.3) is 0 Å². The minimum Gasteiger partial charge on any atom is -0.324 e. The predicted molar refractivity (Wildman–Crippen MR) is 74.3 cm³/mol. The molecule has 0 fully saturated rings. The van der Waals surface area contributed by atoms with Gasteiger partial charge in [-0.15, -0.1) is 0 Å². The second-order valence-corrected chi connectivity index (χ2v) is 5.36. The van der Waals surface area contributed by atoms with Gasteiger partial charge in [-0.25, -0.2) is 0 Å². The Balaban J connectivity index is 2.30. The molecule has 0 aliphatic rings. The molecule has 2 N–H and O–H groups in total. The van der Waals surface area contributed by atoms with Gasteiger partial charge in [0, 0.05) is 15.8 Å².